The topological polar surface area (TPSA) is 116 Å². The normalized spacial score (nSPS) is 11.5. The number of pyridine rings is 1. The summed E-state index contributed by atoms with van der Waals surface area (Å²) in [5.41, 5.74) is 6.62. The SMILES string of the molecule is Cl.NC(CC(=O)O)Cc1cnn(-c2ccc(Oc3ccc(Cl)cn3)c(F)c2)n1. The van der Waals surface area contributed by atoms with Gasteiger partial charge < -0.3 is 15.6 Å². The first-order chi connectivity index (χ1) is 12.9. The lowest BCUT2D eigenvalue weighted by molar-refractivity contribution is -0.137. The fraction of sp³-hybridized carbons (Fsp3) is 0.176. The third-order valence-corrected chi connectivity index (χ3v) is 3.73. The highest BCUT2D eigenvalue weighted by Crippen LogP contribution is 2.25. The average molecular weight is 428 g/mol. The number of ether oxygens (including phenoxy) is 1. The second kappa shape index (κ2) is 9.45. The summed E-state index contributed by atoms with van der Waals surface area (Å²) in [5.74, 6) is -1.41. The highest BCUT2D eigenvalue weighted by atomic mass is 35.5. The number of nitrogens with two attached hydrogens (primary N) is 1. The summed E-state index contributed by atoms with van der Waals surface area (Å²) in [7, 11) is 0. The summed E-state index contributed by atoms with van der Waals surface area (Å²) in [6.07, 6.45) is 2.93. The van der Waals surface area contributed by atoms with E-state index in [9.17, 15) is 9.18 Å². The minimum Gasteiger partial charge on any atom is -0.481 e. The zero-order chi connectivity index (χ0) is 19.4. The Morgan fingerprint density at radius 2 is 2.11 bits per heavy atom. The molecule has 3 N–H and O–H groups in total. The van der Waals surface area contributed by atoms with Gasteiger partial charge in [0.2, 0.25) is 5.88 Å². The average Bonchev–Trinajstić information content (AvgIpc) is 3.06. The number of rotatable bonds is 7. The molecule has 0 bridgehead atoms. The van der Waals surface area contributed by atoms with Crippen LogP contribution in [0.1, 0.15) is 12.1 Å². The summed E-state index contributed by atoms with van der Waals surface area (Å²) in [6.45, 7) is 0. The van der Waals surface area contributed by atoms with Crippen LogP contribution >= 0.6 is 24.0 Å². The monoisotopic (exact) mass is 427 g/mol. The second-order valence-corrected chi connectivity index (χ2v) is 6.16. The molecule has 2 aromatic heterocycles. The molecule has 1 atom stereocenters. The first-order valence-electron chi connectivity index (χ1n) is 7.88. The molecule has 2 heterocycles. The zero-order valence-corrected chi connectivity index (χ0v) is 15.9. The standard InChI is InChI=1S/C17H15ClFN5O3.ClH/c18-10-1-4-16(21-8-10)27-15-3-2-13(7-14(15)19)24-22-9-12(23-24)5-11(20)6-17(25)26;/h1-4,7-9,11H,5-6,20H2,(H,25,26);1H. The Bertz CT molecular complexity index is 952. The molecule has 3 rings (SSSR count). The predicted molar refractivity (Wildman–Crippen MR) is 102 cm³/mol. The molecule has 11 heteroatoms. The Morgan fingerprint density at radius 1 is 1.32 bits per heavy atom. The van der Waals surface area contributed by atoms with E-state index in [2.05, 4.69) is 15.2 Å². The first-order valence-corrected chi connectivity index (χ1v) is 8.26. The molecule has 1 unspecified atom stereocenters. The van der Waals surface area contributed by atoms with Crippen molar-refractivity contribution >= 4 is 30.0 Å². The van der Waals surface area contributed by atoms with Gasteiger partial charge in [-0.1, -0.05) is 11.6 Å². The number of carboxylic acid groups (broad SMARTS) is 1. The van der Waals surface area contributed by atoms with Crippen molar-refractivity contribution in [1.82, 2.24) is 20.0 Å². The van der Waals surface area contributed by atoms with E-state index < -0.39 is 17.8 Å². The zero-order valence-electron chi connectivity index (χ0n) is 14.3. The van der Waals surface area contributed by atoms with Gasteiger partial charge in [-0.25, -0.2) is 9.37 Å². The van der Waals surface area contributed by atoms with Gasteiger partial charge in [-0.15, -0.1) is 12.4 Å². The Morgan fingerprint density at radius 3 is 2.75 bits per heavy atom. The summed E-state index contributed by atoms with van der Waals surface area (Å²) in [5, 5.41) is 17.4. The lowest BCUT2D eigenvalue weighted by Crippen LogP contribution is -2.26. The molecule has 8 nitrogen and oxygen atoms in total. The van der Waals surface area contributed by atoms with Gasteiger partial charge in [-0.2, -0.15) is 15.0 Å². The van der Waals surface area contributed by atoms with Gasteiger partial charge in [0.15, 0.2) is 11.6 Å². The van der Waals surface area contributed by atoms with Gasteiger partial charge in [0.25, 0.3) is 0 Å². The molecule has 0 radical (unpaired) electrons. The van der Waals surface area contributed by atoms with Crippen molar-refractivity contribution in [2.24, 2.45) is 5.73 Å². The van der Waals surface area contributed by atoms with Crippen LogP contribution in [-0.2, 0) is 11.2 Å². The molecule has 0 saturated heterocycles. The van der Waals surface area contributed by atoms with Crippen LogP contribution in [0.3, 0.4) is 0 Å². The lowest BCUT2D eigenvalue weighted by Gasteiger charge is -2.07. The van der Waals surface area contributed by atoms with Crippen molar-refractivity contribution in [1.29, 1.82) is 0 Å². The van der Waals surface area contributed by atoms with Crippen molar-refractivity contribution < 1.29 is 19.0 Å². The van der Waals surface area contributed by atoms with Crippen LogP contribution in [0.15, 0.2) is 42.7 Å². The summed E-state index contributed by atoms with van der Waals surface area (Å²) < 4.78 is 19.7. The summed E-state index contributed by atoms with van der Waals surface area (Å²) in [6, 6.07) is 6.76. The van der Waals surface area contributed by atoms with E-state index in [1.807, 2.05) is 0 Å². The number of hydrogen-bond acceptors (Lipinski definition) is 6. The molecule has 0 fully saturated rings. The molecule has 0 amide bonds. The number of nitrogens with zero attached hydrogens (tertiary/aromatic N) is 4. The van der Waals surface area contributed by atoms with Crippen molar-refractivity contribution in [2.45, 2.75) is 18.9 Å². The molecule has 0 saturated carbocycles. The number of carbonyl (C=O) groups is 1. The Kier molecular flexibility index (Phi) is 7.27. The van der Waals surface area contributed by atoms with Crippen LogP contribution in [0.2, 0.25) is 5.02 Å². The Labute approximate surface area is 170 Å². The fourth-order valence-corrected chi connectivity index (χ4v) is 2.42. The molecule has 0 aliphatic heterocycles. The minimum absolute atomic E-state index is 0. The lowest BCUT2D eigenvalue weighted by atomic mass is 10.1. The molecule has 28 heavy (non-hydrogen) atoms. The fourth-order valence-electron chi connectivity index (χ4n) is 2.31. The van der Waals surface area contributed by atoms with Crippen molar-refractivity contribution in [2.75, 3.05) is 0 Å². The molecule has 0 spiro atoms. The van der Waals surface area contributed by atoms with Gasteiger partial charge >= 0.3 is 5.97 Å². The van der Waals surface area contributed by atoms with Crippen LogP contribution < -0.4 is 10.5 Å². The highest BCUT2D eigenvalue weighted by Gasteiger charge is 2.13. The van der Waals surface area contributed by atoms with Gasteiger partial charge in [0.05, 0.1) is 29.0 Å². The molecule has 3 aromatic rings. The maximum absolute atomic E-state index is 14.3. The quantitative estimate of drug-likeness (QED) is 0.594. The van der Waals surface area contributed by atoms with E-state index in [-0.39, 0.29) is 36.9 Å². The molecular weight excluding hydrogens is 412 g/mol. The van der Waals surface area contributed by atoms with Crippen LogP contribution in [0.25, 0.3) is 5.69 Å². The van der Waals surface area contributed by atoms with Crippen molar-refractivity contribution in [3.63, 3.8) is 0 Å². The number of halogens is 3. The van der Waals surface area contributed by atoms with E-state index in [0.717, 1.165) is 0 Å². The number of aliphatic carboxylic acids is 1. The third-order valence-electron chi connectivity index (χ3n) is 3.51. The molecule has 0 aliphatic rings. The minimum atomic E-state index is -0.984. The maximum Gasteiger partial charge on any atom is 0.304 e. The maximum atomic E-state index is 14.3. The van der Waals surface area contributed by atoms with E-state index in [1.165, 1.54) is 35.4 Å². The van der Waals surface area contributed by atoms with E-state index in [4.69, 9.17) is 27.2 Å². The number of carboxylic acids is 1. The Balaban J connectivity index is 0.00000280. The predicted octanol–water partition coefficient (Wildman–Crippen LogP) is 3.01. The molecule has 148 valence electrons. The van der Waals surface area contributed by atoms with E-state index in [1.54, 1.807) is 12.1 Å². The number of benzene rings is 1. The summed E-state index contributed by atoms with van der Waals surface area (Å²) >= 11 is 5.75. The van der Waals surface area contributed by atoms with Gasteiger partial charge in [-0.05, 0) is 18.2 Å². The smallest absolute Gasteiger partial charge is 0.304 e. The largest absolute Gasteiger partial charge is 0.481 e. The number of aromatic nitrogens is 4. The third kappa shape index (κ3) is 5.62. The van der Waals surface area contributed by atoms with Crippen LogP contribution in [0, 0.1) is 5.82 Å². The second-order valence-electron chi connectivity index (χ2n) is 5.72. The van der Waals surface area contributed by atoms with Crippen LogP contribution in [0.4, 0.5) is 4.39 Å². The van der Waals surface area contributed by atoms with Crippen LogP contribution in [-0.4, -0.2) is 37.1 Å². The van der Waals surface area contributed by atoms with Crippen LogP contribution in [0.5, 0.6) is 11.6 Å². The van der Waals surface area contributed by atoms with E-state index in [0.29, 0.717) is 16.4 Å². The molecule has 0 aliphatic carbocycles. The molecular formula is C17H16Cl2FN5O3. The molecule has 1 aromatic carbocycles. The van der Waals surface area contributed by atoms with Gasteiger partial charge in [0, 0.05) is 30.8 Å². The van der Waals surface area contributed by atoms with E-state index >= 15 is 0 Å². The summed E-state index contributed by atoms with van der Waals surface area (Å²) in [4.78, 5) is 15.8. The van der Waals surface area contributed by atoms with Gasteiger partial charge in [-0.3, -0.25) is 4.79 Å². The number of hydrogen-bond donors (Lipinski definition) is 2. The van der Waals surface area contributed by atoms with Crippen molar-refractivity contribution in [3.8, 4) is 17.3 Å². The van der Waals surface area contributed by atoms with Crippen molar-refractivity contribution in [3.05, 3.63) is 59.3 Å². The highest BCUT2D eigenvalue weighted by molar-refractivity contribution is 6.30. The first kappa shape index (κ1) is 21.5. The Hall–Kier alpha value is -2.75. The van der Waals surface area contributed by atoms with Gasteiger partial charge in [0.1, 0.15) is 0 Å².